The molecule has 0 aliphatic carbocycles. The maximum absolute atomic E-state index is 11.0. The topological polar surface area (TPSA) is 102 Å². The first kappa shape index (κ1) is 18.9. The minimum atomic E-state index is -0.0513. The van der Waals surface area contributed by atoms with E-state index in [2.05, 4.69) is 20.6 Å². The van der Waals surface area contributed by atoms with Gasteiger partial charge in [0.2, 0.25) is 5.91 Å². The minimum absolute atomic E-state index is 0.0513. The molecule has 0 saturated heterocycles. The number of carbonyl (C=O) groups excluding carboxylic acids is 1. The normalized spacial score (nSPS) is 11.4. The highest BCUT2D eigenvalue weighted by molar-refractivity contribution is 7.14. The summed E-state index contributed by atoms with van der Waals surface area (Å²) in [4.78, 5) is 19.7. The van der Waals surface area contributed by atoms with Crippen molar-refractivity contribution in [2.75, 3.05) is 25.1 Å². The van der Waals surface area contributed by atoms with Gasteiger partial charge in [-0.3, -0.25) is 9.79 Å². The Balaban J connectivity index is 1.98. The van der Waals surface area contributed by atoms with Crippen LogP contribution in [0.5, 0.6) is 0 Å². The quantitative estimate of drug-likeness (QED) is 0.380. The lowest BCUT2D eigenvalue weighted by atomic mass is 10.1. The third kappa shape index (κ3) is 6.52. The molecule has 8 heteroatoms. The molecule has 1 heterocycles. The molecule has 0 saturated carbocycles. The Morgan fingerprint density at radius 2 is 2.28 bits per heavy atom. The molecule has 0 spiro atoms. The summed E-state index contributed by atoms with van der Waals surface area (Å²) in [5.74, 6) is 0.268. The zero-order valence-corrected chi connectivity index (χ0v) is 15.2. The highest BCUT2D eigenvalue weighted by atomic mass is 32.1. The molecule has 2 rings (SSSR count). The zero-order chi connectivity index (χ0) is 18.1. The van der Waals surface area contributed by atoms with Crippen molar-refractivity contribution >= 4 is 28.3 Å². The van der Waals surface area contributed by atoms with Crippen LogP contribution < -0.4 is 16.4 Å². The van der Waals surface area contributed by atoms with Crippen molar-refractivity contribution in [2.45, 2.75) is 20.4 Å². The van der Waals surface area contributed by atoms with Crippen LogP contribution in [0.25, 0.3) is 11.3 Å². The Kier molecular flexibility index (Phi) is 7.36. The number of benzene rings is 1. The molecule has 0 radical (unpaired) electrons. The summed E-state index contributed by atoms with van der Waals surface area (Å²) in [6, 6.07) is 7.90. The van der Waals surface area contributed by atoms with Crippen molar-refractivity contribution in [3.63, 3.8) is 0 Å². The van der Waals surface area contributed by atoms with Crippen molar-refractivity contribution in [2.24, 2.45) is 10.7 Å². The van der Waals surface area contributed by atoms with Gasteiger partial charge in [0, 0.05) is 31.0 Å². The van der Waals surface area contributed by atoms with E-state index >= 15 is 0 Å². The first-order valence-electron chi connectivity index (χ1n) is 8.02. The zero-order valence-electron chi connectivity index (χ0n) is 14.4. The Morgan fingerprint density at radius 1 is 1.44 bits per heavy atom. The van der Waals surface area contributed by atoms with Gasteiger partial charge in [0.25, 0.3) is 0 Å². The Bertz CT molecular complexity index is 729. The van der Waals surface area contributed by atoms with E-state index in [-0.39, 0.29) is 5.91 Å². The maximum Gasteiger partial charge on any atom is 0.217 e. The second kappa shape index (κ2) is 9.75. The van der Waals surface area contributed by atoms with Crippen LogP contribution in [0, 0.1) is 0 Å². The number of anilines is 1. The van der Waals surface area contributed by atoms with Crippen molar-refractivity contribution in [1.29, 1.82) is 0 Å². The van der Waals surface area contributed by atoms with E-state index in [0.29, 0.717) is 37.4 Å². The Morgan fingerprint density at radius 3 is 3.04 bits per heavy atom. The van der Waals surface area contributed by atoms with Gasteiger partial charge in [-0.15, -0.1) is 11.3 Å². The number of guanidine groups is 1. The van der Waals surface area contributed by atoms with Crippen molar-refractivity contribution in [3.05, 3.63) is 35.2 Å². The average Bonchev–Trinajstić information content (AvgIpc) is 3.05. The van der Waals surface area contributed by atoms with E-state index < -0.39 is 0 Å². The van der Waals surface area contributed by atoms with Crippen LogP contribution in [0.4, 0.5) is 5.13 Å². The molecule has 0 aliphatic rings. The van der Waals surface area contributed by atoms with E-state index in [1.807, 2.05) is 36.6 Å². The molecule has 0 unspecified atom stereocenters. The second-order valence-corrected chi connectivity index (χ2v) is 6.10. The van der Waals surface area contributed by atoms with Crippen LogP contribution >= 0.6 is 11.3 Å². The molecule has 1 amide bonds. The van der Waals surface area contributed by atoms with E-state index in [1.54, 1.807) is 0 Å². The monoisotopic (exact) mass is 361 g/mol. The lowest BCUT2D eigenvalue weighted by molar-refractivity contribution is -0.119. The number of carbonyl (C=O) groups is 1. The fourth-order valence-electron chi connectivity index (χ4n) is 2.05. The standard InChI is InChI=1S/C17H23N5O2S/c1-3-24-8-7-19-16(18)22-17-21-15(11-25-17)14-6-4-5-13(9-14)10-20-12(2)23/h4-6,9,11H,3,7-8,10H2,1-2H3,(H,20,23)(H3,18,19,21,22). The van der Waals surface area contributed by atoms with Gasteiger partial charge in [-0.25, -0.2) is 4.98 Å². The van der Waals surface area contributed by atoms with Gasteiger partial charge in [0.05, 0.1) is 18.8 Å². The summed E-state index contributed by atoms with van der Waals surface area (Å²) in [5.41, 5.74) is 8.69. The molecule has 25 heavy (non-hydrogen) atoms. The molecule has 7 nitrogen and oxygen atoms in total. The molecular weight excluding hydrogens is 338 g/mol. The maximum atomic E-state index is 11.0. The van der Waals surface area contributed by atoms with E-state index in [4.69, 9.17) is 10.5 Å². The van der Waals surface area contributed by atoms with Crippen LogP contribution in [0.1, 0.15) is 19.4 Å². The predicted octanol–water partition coefficient (Wildman–Crippen LogP) is 2.21. The molecule has 0 aliphatic heterocycles. The molecule has 1 aromatic heterocycles. The first-order chi connectivity index (χ1) is 12.1. The van der Waals surface area contributed by atoms with E-state index in [1.165, 1.54) is 18.3 Å². The molecular formula is C17H23N5O2S. The van der Waals surface area contributed by atoms with Crippen molar-refractivity contribution < 1.29 is 9.53 Å². The lowest BCUT2D eigenvalue weighted by Crippen LogP contribution is -2.23. The Hall–Kier alpha value is -2.45. The van der Waals surface area contributed by atoms with Gasteiger partial charge in [-0.2, -0.15) is 0 Å². The summed E-state index contributed by atoms with van der Waals surface area (Å²) in [6.07, 6.45) is 0. The van der Waals surface area contributed by atoms with Gasteiger partial charge in [0.1, 0.15) is 0 Å². The number of thiazole rings is 1. The van der Waals surface area contributed by atoms with Gasteiger partial charge in [-0.05, 0) is 18.6 Å². The smallest absolute Gasteiger partial charge is 0.217 e. The molecule has 0 bridgehead atoms. The van der Waals surface area contributed by atoms with Gasteiger partial charge < -0.3 is 21.1 Å². The van der Waals surface area contributed by atoms with Gasteiger partial charge in [-0.1, -0.05) is 18.2 Å². The summed E-state index contributed by atoms with van der Waals surface area (Å²) >= 11 is 1.46. The number of nitrogens with zero attached hydrogens (tertiary/aromatic N) is 2. The minimum Gasteiger partial charge on any atom is -0.380 e. The molecule has 0 atom stereocenters. The van der Waals surface area contributed by atoms with Crippen molar-refractivity contribution in [1.82, 2.24) is 10.3 Å². The van der Waals surface area contributed by atoms with Gasteiger partial charge in [0.15, 0.2) is 11.1 Å². The van der Waals surface area contributed by atoms with Crippen LogP contribution in [0.15, 0.2) is 34.6 Å². The van der Waals surface area contributed by atoms with E-state index in [0.717, 1.165) is 16.8 Å². The first-order valence-corrected chi connectivity index (χ1v) is 8.90. The summed E-state index contributed by atoms with van der Waals surface area (Å²) in [7, 11) is 0. The van der Waals surface area contributed by atoms with Gasteiger partial charge >= 0.3 is 0 Å². The summed E-state index contributed by atoms with van der Waals surface area (Å²) < 4.78 is 5.21. The Labute approximate surface area is 151 Å². The van der Waals surface area contributed by atoms with Crippen LogP contribution in [-0.2, 0) is 16.1 Å². The largest absolute Gasteiger partial charge is 0.380 e. The lowest BCUT2D eigenvalue weighted by Gasteiger charge is -2.04. The number of ether oxygens (including phenoxy) is 1. The van der Waals surface area contributed by atoms with E-state index in [9.17, 15) is 4.79 Å². The SMILES string of the molecule is CCOCCN=C(N)Nc1nc(-c2cccc(CNC(C)=O)c2)cs1. The molecule has 134 valence electrons. The number of aromatic nitrogens is 1. The fraction of sp³-hybridized carbons (Fsp3) is 0.353. The molecule has 1 aromatic carbocycles. The average molecular weight is 361 g/mol. The second-order valence-electron chi connectivity index (χ2n) is 5.24. The van der Waals surface area contributed by atoms with Crippen LogP contribution in [0.2, 0.25) is 0 Å². The number of hydrogen-bond donors (Lipinski definition) is 3. The molecule has 0 fully saturated rings. The number of hydrogen-bond acceptors (Lipinski definition) is 5. The third-order valence-corrected chi connectivity index (χ3v) is 3.98. The predicted molar refractivity (Wildman–Crippen MR) is 102 cm³/mol. The highest BCUT2D eigenvalue weighted by Gasteiger charge is 2.06. The number of nitrogens with two attached hydrogens (primary N) is 1. The summed E-state index contributed by atoms with van der Waals surface area (Å²) in [5, 5.41) is 8.41. The third-order valence-electron chi connectivity index (χ3n) is 3.23. The van der Waals surface area contributed by atoms with Crippen molar-refractivity contribution in [3.8, 4) is 11.3 Å². The number of rotatable bonds is 8. The fourth-order valence-corrected chi connectivity index (χ4v) is 2.78. The van der Waals surface area contributed by atoms with Crippen LogP contribution in [-0.4, -0.2) is 36.6 Å². The number of nitrogens with one attached hydrogen (secondary N) is 2. The van der Waals surface area contributed by atoms with Crippen LogP contribution in [0.3, 0.4) is 0 Å². The molecule has 2 aromatic rings. The summed E-state index contributed by atoms with van der Waals surface area (Å²) in [6.45, 7) is 5.66. The molecule has 4 N–H and O–H groups in total. The highest BCUT2D eigenvalue weighted by Crippen LogP contribution is 2.25. The number of amides is 1. The number of aliphatic imine (C=N–C) groups is 1.